The number of allylic oxidation sites excluding steroid dienone is 1. The van der Waals surface area contributed by atoms with Gasteiger partial charge in [0.25, 0.3) is 0 Å². The summed E-state index contributed by atoms with van der Waals surface area (Å²) in [5.41, 5.74) is 0. The van der Waals surface area contributed by atoms with Crippen molar-refractivity contribution in [1.82, 2.24) is 0 Å². The molecule has 0 rings (SSSR count). The molecule has 3 nitrogen and oxygen atoms in total. The summed E-state index contributed by atoms with van der Waals surface area (Å²) in [5.74, 6) is -1.31. The number of hydrogen-bond acceptors (Lipinski definition) is 3. The lowest BCUT2D eigenvalue weighted by atomic mass is 10.1. The first-order valence-corrected chi connectivity index (χ1v) is 6.77. The molecule has 14 heavy (non-hydrogen) atoms. The number of unbranched alkanes of at least 4 members (excludes halogenated alkanes) is 3. The van der Waals surface area contributed by atoms with Crippen molar-refractivity contribution in [2.75, 3.05) is 0 Å². The zero-order valence-corrected chi connectivity index (χ0v) is 12.4. The van der Waals surface area contributed by atoms with Crippen LogP contribution in [0.5, 0.6) is 0 Å². The first-order valence-electron chi connectivity index (χ1n) is 4.61. The van der Waals surface area contributed by atoms with Crippen molar-refractivity contribution < 1.29 is 15.3 Å². The number of halogens is 2. The number of alkyl halides is 2. The normalized spacial score (nSPS) is 11.4. The van der Waals surface area contributed by atoms with Crippen LogP contribution in [0.4, 0.5) is 0 Å². The van der Waals surface area contributed by atoms with E-state index in [4.69, 9.17) is 10.2 Å². The van der Waals surface area contributed by atoms with Gasteiger partial charge in [0.15, 0.2) is 5.76 Å². The van der Waals surface area contributed by atoms with Crippen molar-refractivity contribution in [3.05, 3.63) is 11.7 Å². The Bertz CT molecular complexity index is 198. The first-order chi connectivity index (χ1) is 6.41. The standard InChI is InChI=1S/C9H16I2O3/c1-2-3-4-5-6-9(10,11)7(12)8(13)14/h12-14H,2-6H2,1H3. The molecular formula is C9H16I2O3. The van der Waals surface area contributed by atoms with Crippen molar-refractivity contribution in [2.24, 2.45) is 0 Å². The lowest BCUT2D eigenvalue weighted by Gasteiger charge is -2.18. The lowest BCUT2D eigenvalue weighted by molar-refractivity contribution is 0.154. The fourth-order valence-electron chi connectivity index (χ4n) is 1.06. The van der Waals surface area contributed by atoms with Gasteiger partial charge in [-0.15, -0.1) is 0 Å². The van der Waals surface area contributed by atoms with Crippen LogP contribution in [0.3, 0.4) is 0 Å². The summed E-state index contributed by atoms with van der Waals surface area (Å²) in [7, 11) is 0. The second kappa shape index (κ2) is 6.97. The van der Waals surface area contributed by atoms with Gasteiger partial charge in [0.05, 0.1) is 0 Å². The van der Waals surface area contributed by atoms with Gasteiger partial charge in [0, 0.05) is 0 Å². The topological polar surface area (TPSA) is 60.7 Å². The predicted octanol–water partition coefficient (Wildman–Crippen LogP) is 4.37. The molecule has 0 spiro atoms. The van der Waals surface area contributed by atoms with Crippen LogP contribution >= 0.6 is 45.2 Å². The van der Waals surface area contributed by atoms with Crippen LogP contribution < -0.4 is 0 Å². The minimum atomic E-state index is -0.968. The smallest absolute Gasteiger partial charge is 0.316 e. The molecule has 0 aliphatic carbocycles. The highest BCUT2D eigenvalue weighted by Crippen LogP contribution is 2.40. The maximum atomic E-state index is 9.38. The minimum absolute atomic E-state index is 0.338. The number of hydrogen-bond donors (Lipinski definition) is 3. The van der Waals surface area contributed by atoms with Gasteiger partial charge in [-0.1, -0.05) is 77.8 Å². The highest BCUT2D eigenvalue weighted by atomic mass is 127. The SMILES string of the molecule is CCCCCCC(I)(I)C(O)=C(O)O. The largest absolute Gasteiger partial charge is 0.504 e. The third-order valence-electron chi connectivity index (χ3n) is 1.90. The highest BCUT2D eigenvalue weighted by Gasteiger charge is 2.30. The maximum Gasteiger partial charge on any atom is 0.316 e. The van der Waals surface area contributed by atoms with Crippen molar-refractivity contribution in [2.45, 2.75) is 40.5 Å². The molecule has 5 heteroatoms. The van der Waals surface area contributed by atoms with Crippen LogP contribution in [0.1, 0.15) is 39.0 Å². The molecule has 0 unspecified atom stereocenters. The van der Waals surface area contributed by atoms with E-state index in [9.17, 15) is 5.11 Å². The van der Waals surface area contributed by atoms with E-state index < -0.39 is 7.37 Å². The maximum absolute atomic E-state index is 9.38. The van der Waals surface area contributed by atoms with E-state index in [0.717, 1.165) is 19.3 Å². The van der Waals surface area contributed by atoms with Gasteiger partial charge in [-0.25, -0.2) is 0 Å². The van der Waals surface area contributed by atoms with Crippen LogP contribution in [-0.4, -0.2) is 16.7 Å². The molecule has 0 aliphatic heterocycles. The van der Waals surface area contributed by atoms with Gasteiger partial charge < -0.3 is 15.3 Å². The average molecular weight is 426 g/mol. The van der Waals surface area contributed by atoms with Crippen molar-refractivity contribution >= 4 is 45.2 Å². The van der Waals surface area contributed by atoms with Gasteiger partial charge in [-0.05, 0) is 6.42 Å². The Balaban J connectivity index is 4.02. The molecule has 0 aromatic heterocycles. The first kappa shape index (κ1) is 14.6. The Morgan fingerprint density at radius 1 is 1.07 bits per heavy atom. The van der Waals surface area contributed by atoms with Gasteiger partial charge >= 0.3 is 5.95 Å². The second-order valence-electron chi connectivity index (χ2n) is 3.19. The van der Waals surface area contributed by atoms with Gasteiger partial charge in [-0.2, -0.15) is 0 Å². The van der Waals surface area contributed by atoms with Crippen LogP contribution in [0.25, 0.3) is 0 Å². The van der Waals surface area contributed by atoms with E-state index >= 15 is 0 Å². The van der Waals surface area contributed by atoms with E-state index in [1.54, 1.807) is 0 Å². The lowest BCUT2D eigenvalue weighted by Crippen LogP contribution is -2.16. The molecule has 0 aliphatic rings. The Morgan fingerprint density at radius 2 is 1.64 bits per heavy atom. The second-order valence-corrected chi connectivity index (χ2v) is 8.93. The van der Waals surface area contributed by atoms with Crippen molar-refractivity contribution in [3.8, 4) is 0 Å². The minimum Gasteiger partial charge on any atom is -0.504 e. The molecule has 0 radical (unpaired) electrons. The van der Waals surface area contributed by atoms with Crippen molar-refractivity contribution in [3.63, 3.8) is 0 Å². The molecule has 84 valence electrons. The molecule has 0 bridgehead atoms. The van der Waals surface area contributed by atoms with E-state index in [0.29, 0.717) is 0 Å². The van der Waals surface area contributed by atoms with E-state index in [1.807, 2.05) is 45.2 Å². The summed E-state index contributed by atoms with van der Waals surface area (Å²) in [6, 6.07) is 0. The summed E-state index contributed by atoms with van der Waals surface area (Å²) in [4.78, 5) is 0. The van der Waals surface area contributed by atoms with E-state index in [1.165, 1.54) is 12.8 Å². The zero-order valence-electron chi connectivity index (χ0n) is 8.13. The quantitative estimate of drug-likeness (QED) is 0.256. The molecule has 0 heterocycles. The Kier molecular flexibility index (Phi) is 7.27. The van der Waals surface area contributed by atoms with Crippen molar-refractivity contribution in [1.29, 1.82) is 0 Å². The molecule has 0 aromatic carbocycles. The summed E-state index contributed by atoms with van der Waals surface area (Å²) in [5, 5.41) is 26.8. The number of aliphatic hydroxyl groups excluding tert-OH is 2. The predicted molar refractivity (Wildman–Crippen MR) is 74.4 cm³/mol. The monoisotopic (exact) mass is 426 g/mol. The third kappa shape index (κ3) is 5.47. The van der Waals surface area contributed by atoms with Gasteiger partial charge in [0.1, 0.15) is 1.43 Å². The summed E-state index contributed by atoms with van der Waals surface area (Å²) < 4.78 is -0.595. The highest BCUT2D eigenvalue weighted by molar-refractivity contribution is 14.2. The molecule has 0 fully saturated rings. The summed E-state index contributed by atoms with van der Waals surface area (Å²) in [6.07, 6.45) is 5.19. The average Bonchev–Trinajstić information content (AvgIpc) is 2.11. The van der Waals surface area contributed by atoms with E-state index in [-0.39, 0.29) is 5.76 Å². The summed E-state index contributed by atoms with van der Waals surface area (Å²) >= 11 is 4.05. The zero-order chi connectivity index (χ0) is 11.2. The summed E-state index contributed by atoms with van der Waals surface area (Å²) in [6.45, 7) is 2.14. The Hall–Kier alpha value is 0.600. The molecule has 0 amide bonds. The number of rotatable bonds is 6. The van der Waals surface area contributed by atoms with Gasteiger partial charge in [0.2, 0.25) is 0 Å². The fourth-order valence-corrected chi connectivity index (χ4v) is 2.30. The van der Waals surface area contributed by atoms with E-state index in [2.05, 4.69) is 6.92 Å². The molecule has 0 saturated carbocycles. The fraction of sp³-hybridized carbons (Fsp3) is 0.778. The molecular weight excluding hydrogens is 410 g/mol. The van der Waals surface area contributed by atoms with Crippen LogP contribution in [0.15, 0.2) is 11.7 Å². The molecule has 3 N–H and O–H groups in total. The number of aliphatic hydroxyl groups is 3. The Labute approximate surface area is 112 Å². The Morgan fingerprint density at radius 3 is 2.07 bits per heavy atom. The third-order valence-corrected chi connectivity index (χ3v) is 4.00. The molecule has 0 aromatic rings. The van der Waals surface area contributed by atoms with Crippen LogP contribution in [0.2, 0.25) is 0 Å². The van der Waals surface area contributed by atoms with Gasteiger partial charge in [-0.3, -0.25) is 0 Å². The molecule has 0 saturated heterocycles. The van der Waals surface area contributed by atoms with Crippen LogP contribution in [-0.2, 0) is 0 Å². The van der Waals surface area contributed by atoms with Crippen LogP contribution in [0, 0.1) is 0 Å². The molecule has 0 atom stereocenters.